The summed E-state index contributed by atoms with van der Waals surface area (Å²) < 4.78 is 17.8. The molecule has 0 saturated heterocycles. The lowest BCUT2D eigenvalue weighted by atomic mass is 9.95. The highest BCUT2D eigenvalue weighted by atomic mass is 19.1. The molecule has 5 heteroatoms. The van der Waals surface area contributed by atoms with Crippen molar-refractivity contribution in [1.82, 2.24) is 0 Å². The molecule has 90 valence electrons. The highest BCUT2D eigenvalue weighted by Crippen LogP contribution is 2.64. The Morgan fingerprint density at radius 1 is 1.50 bits per heavy atom. The van der Waals surface area contributed by atoms with E-state index in [1.54, 1.807) is 20.8 Å². The SMILES string of the molecule is CCOC(=O)C(F)=CC1(C(=O)O)CC1(C)C. The molecular formula is C11H15FO4. The minimum absolute atomic E-state index is 0.0591. The van der Waals surface area contributed by atoms with Crippen LogP contribution < -0.4 is 0 Å². The molecule has 1 unspecified atom stereocenters. The zero-order chi connectivity index (χ0) is 12.6. The van der Waals surface area contributed by atoms with E-state index in [9.17, 15) is 14.0 Å². The largest absolute Gasteiger partial charge is 0.481 e. The molecule has 1 saturated carbocycles. The van der Waals surface area contributed by atoms with Crippen LogP contribution in [-0.2, 0) is 14.3 Å². The quantitative estimate of drug-likeness (QED) is 0.591. The van der Waals surface area contributed by atoms with Gasteiger partial charge in [0.05, 0.1) is 12.0 Å². The fourth-order valence-corrected chi connectivity index (χ4v) is 1.80. The maximum atomic E-state index is 13.3. The molecule has 1 aliphatic carbocycles. The van der Waals surface area contributed by atoms with Crippen molar-refractivity contribution >= 4 is 11.9 Å². The molecule has 0 heterocycles. The zero-order valence-electron chi connectivity index (χ0n) is 9.54. The maximum Gasteiger partial charge on any atom is 0.366 e. The summed E-state index contributed by atoms with van der Waals surface area (Å²) in [6.07, 6.45) is 1.19. The van der Waals surface area contributed by atoms with E-state index < -0.39 is 28.6 Å². The topological polar surface area (TPSA) is 63.6 Å². The number of carbonyl (C=O) groups excluding carboxylic acids is 1. The second-order valence-electron chi connectivity index (χ2n) is 4.55. The van der Waals surface area contributed by atoms with Crippen LogP contribution in [0.1, 0.15) is 27.2 Å². The van der Waals surface area contributed by atoms with Gasteiger partial charge in [0.15, 0.2) is 0 Å². The third-order valence-electron chi connectivity index (χ3n) is 3.03. The monoisotopic (exact) mass is 230 g/mol. The molecule has 0 bridgehead atoms. The summed E-state index contributed by atoms with van der Waals surface area (Å²) in [7, 11) is 0. The summed E-state index contributed by atoms with van der Waals surface area (Å²) in [4.78, 5) is 22.1. The van der Waals surface area contributed by atoms with Gasteiger partial charge in [0.2, 0.25) is 5.83 Å². The van der Waals surface area contributed by atoms with Crippen LogP contribution in [0.15, 0.2) is 11.9 Å². The molecule has 1 atom stereocenters. The van der Waals surface area contributed by atoms with E-state index in [4.69, 9.17) is 5.11 Å². The first-order valence-electron chi connectivity index (χ1n) is 5.06. The summed E-state index contributed by atoms with van der Waals surface area (Å²) in [5, 5.41) is 9.04. The Bertz CT molecular complexity index is 359. The van der Waals surface area contributed by atoms with Gasteiger partial charge in [-0.15, -0.1) is 0 Å². The van der Waals surface area contributed by atoms with Gasteiger partial charge < -0.3 is 9.84 Å². The molecular weight excluding hydrogens is 215 g/mol. The molecule has 1 N–H and O–H groups in total. The molecule has 4 nitrogen and oxygen atoms in total. The fourth-order valence-electron chi connectivity index (χ4n) is 1.80. The molecule has 0 aromatic heterocycles. The Morgan fingerprint density at radius 3 is 2.31 bits per heavy atom. The number of carboxylic acid groups (broad SMARTS) is 1. The summed E-state index contributed by atoms with van der Waals surface area (Å²) in [5.74, 6) is -3.35. The second kappa shape index (κ2) is 3.88. The molecule has 1 aliphatic rings. The van der Waals surface area contributed by atoms with Crippen molar-refractivity contribution in [1.29, 1.82) is 0 Å². The third kappa shape index (κ3) is 1.94. The van der Waals surface area contributed by atoms with Crippen molar-refractivity contribution < 1.29 is 23.8 Å². The predicted molar refractivity (Wildman–Crippen MR) is 54.3 cm³/mol. The number of hydrogen-bond acceptors (Lipinski definition) is 3. The van der Waals surface area contributed by atoms with Crippen LogP contribution in [0, 0.1) is 10.8 Å². The van der Waals surface area contributed by atoms with Crippen molar-refractivity contribution in [3.05, 3.63) is 11.9 Å². The first-order chi connectivity index (χ1) is 7.27. The average Bonchev–Trinajstić information content (AvgIpc) is 2.70. The lowest BCUT2D eigenvalue weighted by Gasteiger charge is -2.10. The zero-order valence-corrected chi connectivity index (χ0v) is 9.54. The van der Waals surface area contributed by atoms with Gasteiger partial charge in [-0.3, -0.25) is 4.79 Å². The fraction of sp³-hybridized carbons (Fsp3) is 0.636. The Balaban J connectivity index is 2.90. The summed E-state index contributed by atoms with van der Waals surface area (Å²) in [6, 6.07) is 0. The van der Waals surface area contributed by atoms with Crippen LogP contribution in [0.2, 0.25) is 0 Å². The number of hydrogen-bond donors (Lipinski definition) is 1. The van der Waals surface area contributed by atoms with Crippen molar-refractivity contribution in [2.45, 2.75) is 27.2 Å². The molecule has 0 aromatic carbocycles. The number of esters is 1. The molecule has 0 spiro atoms. The van der Waals surface area contributed by atoms with Crippen LogP contribution in [0.4, 0.5) is 4.39 Å². The highest BCUT2D eigenvalue weighted by molar-refractivity contribution is 5.89. The van der Waals surface area contributed by atoms with E-state index in [2.05, 4.69) is 4.74 Å². The van der Waals surface area contributed by atoms with Crippen LogP contribution in [-0.4, -0.2) is 23.7 Å². The number of aliphatic carboxylic acids is 1. The van der Waals surface area contributed by atoms with Crippen LogP contribution in [0.5, 0.6) is 0 Å². The molecule has 1 fully saturated rings. The molecule has 0 aromatic rings. The third-order valence-corrected chi connectivity index (χ3v) is 3.03. The summed E-state index contributed by atoms with van der Waals surface area (Å²) in [5.41, 5.74) is -1.80. The van der Waals surface area contributed by atoms with Gasteiger partial charge in [0.25, 0.3) is 0 Å². The Morgan fingerprint density at radius 2 is 2.00 bits per heavy atom. The smallest absolute Gasteiger partial charge is 0.366 e. The average molecular weight is 230 g/mol. The van der Waals surface area contributed by atoms with Crippen molar-refractivity contribution in [3.8, 4) is 0 Å². The van der Waals surface area contributed by atoms with E-state index in [0.717, 1.165) is 6.08 Å². The minimum Gasteiger partial charge on any atom is -0.481 e. The van der Waals surface area contributed by atoms with Crippen LogP contribution in [0.25, 0.3) is 0 Å². The highest BCUT2D eigenvalue weighted by Gasteiger charge is 2.66. The molecule has 1 rings (SSSR count). The number of carbonyl (C=O) groups is 2. The van der Waals surface area contributed by atoms with Gasteiger partial charge >= 0.3 is 11.9 Å². The lowest BCUT2D eigenvalue weighted by molar-refractivity contribution is -0.142. The summed E-state index contributed by atoms with van der Waals surface area (Å²) >= 11 is 0. The van der Waals surface area contributed by atoms with Crippen LogP contribution >= 0.6 is 0 Å². The Hall–Kier alpha value is -1.39. The van der Waals surface area contributed by atoms with Gasteiger partial charge in [-0.2, -0.15) is 4.39 Å². The van der Waals surface area contributed by atoms with E-state index in [0.29, 0.717) is 6.42 Å². The summed E-state index contributed by atoms with van der Waals surface area (Å²) in [6.45, 7) is 5.05. The molecule has 0 radical (unpaired) electrons. The van der Waals surface area contributed by atoms with Gasteiger partial charge in [-0.05, 0) is 24.8 Å². The molecule has 0 aliphatic heterocycles. The van der Waals surface area contributed by atoms with E-state index >= 15 is 0 Å². The number of ether oxygens (including phenoxy) is 1. The number of carboxylic acids is 1. The Kier molecular flexibility index (Phi) is 3.08. The van der Waals surface area contributed by atoms with E-state index in [1.807, 2.05) is 0 Å². The predicted octanol–water partition coefficient (Wildman–Crippen LogP) is 1.90. The van der Waals surface area contributed by atoms with Crippen molar-refractivity contribution in [2.24, 2.45) is 10.8 Å². The van der Waals surface area contributed by atoms with E-state index in [-0.39, 0.29) is 6.61 Å². The van der Waals surface area contributed by atoms with Crippen molar-refractivity contribution in [3.63, 3.8) is 0 Å². The van der Waals surface area contributed by atoms with Gasteiger partial charge in [-0.1, -0.05) is 13.8 Å². The standard InChI is InChI=1S/C11H15FO4/c1-4-16-8(13)7(12)5-11(9(14)15)6-10(11,2)3/h5H,4,6H2,1-3H3,(H,14,15). The number of halogens is 1. The van der Waals surface area contributed by atoms with Crippen LogP contribution in [0.3, 0.4) is 0 Å². The van der Waals surface area contributed by atoms with Gasteiger partial charge in [-0.25, -0.2) is 4.79 Å². The normalized spacial score (nSPS) is 27.4. The minimum atomic E-state index is -1.27. The maximum absolute atomic E-state index is 13.3. The number of rotatable bonds is 4. The lowest BCUT2D eigenvalue weighted by Crippen LogP contribution is -2.20. The van der Waals surface area contributed by atoms with Gasteiger partial charge in [0, 0.05) is 0 Å². The first-order valence-corrected chi connectivity index (χ1v) is 5.06. The Labute approximate surface area is 93.1 Å². The molecule has 0 amide bonds. The first kappa shape index (κ1) is 12.7. The van der Waals surface area contributed by atoms with E-state index in [1.165, 1.54) is 0 Å². The van der Waals surface area contributed by atoms with Crippen molar-refractivity contribution in [2.75, 3.05) is 6.61 Å². The van der Waals surface area contributed by atoms with Gasteiger partial charge in [0.1, 0.15) is 0 Å². The second-order valence-corrected chi connectivity index (χ2v) is 4.55. The molecule has 16 heavy (non-hydrogen) atoms.